The summed E-state index contributed by atoms with van der Waals surface area (Å²) >= 11 is 0. The van der Waals surface area contributed by atoms with Gasteiger partial charge in [-0.05, 0) is 38.3 Å². The first-order valence-corrected chi connectivity index (χ1v) is 8.05. The molecule has 4 nitrogen and oxygen atoms in total. The van der Waals surface area contributed by atoms with Crippen LogP contribution in [0.15, 0.2) is 24.3 Å². The maximum atomic E-state index is 12.3. The number of carbonyl (C=O) groups excluding carboxylic acids is 2. The standard InChI is InChI=1S/C18H28N2O2/c1-6-14(4)19-18(22)15(5)20(17(21)7-2)12-16-11-9-8-10-13(16)3/h8-11,14-15H,6-7,12H2,1-5H3,(H,19,22)/t14-,15-/m1/s1. The molecule has 1 aromatic carbocycles. The van der Waals surface area contributed by atoms with Crippen molar-refractivity contribution in [3.8, 4) is 0 Å². The van der Waals surface area contributed by atoms with Crippen molar-refractivity contribution in [2.75, 3.05) is 0 Å². The van der Waals surface area contributed by atoms with Crippen molar-refractivity contribution in [3.05, 3.63) is 35.4 Å². The molecule has 2 amide bonds. The monoisotopic (exact) mass is 304 g/mol. The van der Waals surface area contributed by atoms with Gasteiger partial charge in [0.05, 0.1) is 0 Å². The molecule has 0 spiro atoms. The number of hydrogen-bond acceptors (Lipinski definition) is 2. The van der Waals surface area contributed by atoms with Gasteiger partial charge in [0.25, 0.3) is 0 Å². The van der Waals surface area contributed by atoms with E-state index in [1.807, 2.05) is 52.0 Å². The van der Waals surface area contributed by atoms with Crippen molar-refractivity contribution in [2.24, 2.45) is 0 Å². The van der Waals surface area contributed by atoms with Crippen molar-refractivity contribution in [3.63, 3.8) is 0 Å². The SMILES string of the molecule is CCC(=O)N(Cc1ccccc1C)[C@H](C)C(=O)N[C@H](C)CC. The molecule has 4 heteroatoms. The molecule has 22 heavy (non-hydrogen) atoms. The minimum absolute atomic E-state index is 0.00458. The smallest absolute Gasteiger partial charge is 0.242 e. The van der Waals surface area contributed by atoms with Crippen LogP contribution < -0.4 is 5.32 Å². The van der Waals surface area contributed by atoms with Gasteiger partial charge < -0.3 is 10.2 Å². The van der Waals surface area contributed by atoms with Crippen molar-refractivity contribution < 1.29 is 9.59 Å². The molecule has 0 aliphatic rings. The van der Waals surface area contributed by atoms with Crippen molar-refractivity contribution in [1.29, 1.82) is 0 Å². The molecule has 0 fully saturated rings. The summed E-state index contributed by atoms with van der Waals surface area (Å²) in [4.78, 5) is 26.3. The fourth-order valence-electron chi connectivity index (χ4n) is 2.22. The number of amides is 2. The summed E-state index contributed by atoms with van der Waals surface area (Å²) in [5.41, 5.74) is 2.21. The van der Waals surface area contributed by atoms with Gasteiger partial charge in [0.1, 0.15) is 6.04 Å². The predicted molar refractivity (Wildman–Crippen MR) is 89.4 cm³/mol. The van der Waals surface area contributed by atoms with Gasteiger partial charge in [-0.2, -0.15) is 0 Å². The fraction of sp³-hybridized carbons (Fsp3) is 0.556. The second-order valence-corrected chi connectivity index (χ2v) is 5.80. The molecule has 0 aliphatic carbocycles. The van der Waals surface area contributed by atoms with E-state index in [9.17, 15) is 9.59 Å². The minimum atomic E-state index is -0.471. The highest BCUT2D eigenvalue weighted by molar-refractivity contribution is 5.87. The largest absolute Gasteiger partial charge is 0.352 e. The van der Waals surface area contributed by atoms with E-state index in [1.165, 1.54) is 0 Å². The van der Waals surface area contributed by atoms with E-state index in [-0.39, 0.29) is 17.9 Å². The van der Waals surface area contributed by atoms with Gasteiger partial charge in [-0.25, -0.2) is 0 Å². The zero-order valence-electron chi connectivity index (χ0n) is 14.3. The van der Waals surface area contributed by atoms with Gasteiger partial charge in [0.2, 0.25) is 11.8 Å². The van der Waals surface area contributed by atoms with E-state index in [0.717, 1.165) is 17.5 Å². The first kappa shape index (κ1) is 18.2. The Hall–Kier alpha value is -1.84. The van der Waals surface area contributed by atoms with Crippen LogP contribution in [0.4, 0.5) is 0 Å². The number of nitrogens with one attached hydrogen (secondary N) is 1. The van der Waals surface area contributed by atoms with Crippen LogP contribution in [0, 0.1) is 6.92 Å². The van der Waals surface area contributed by atoms with Crippen LogP contribution in [0.1, 0.15) is 51.7 Å². The minimum Gasteiger partial charge on any atom is -0.352 e. The molecule has 0 heterocycles. The average molecular weight is 304 g/mol. The van der Waals surface area contributed by atoms with Crippen LogP contribution in [0.3, 0.4) is 0 Å². The third kappa shape index (κ3) is 4.86. The van der Waals surface area contributed by atoms with Crippen LogP contribution in [-0.2, 0) is 16.1 Å². The Morgan fingerprint density at radius 1 is 1.18 bits per heavy atom. The molecule has 122 valence electrons. The van der Waals surface area contributed by atoms with E-state index in [4.69, 9.17) is 0 Å². The molecule has 0 aromatic heterocycles. The van der Waals surface area contributed by atoms with Crippen molar-refractivity contribution in [1.82, 2.24) is 10.2 Å². The van der Waals surface area contributed by atoms with Crippen molar-refractivity contribution >= 4 is 11.8 Å². The van der Waals surface area contributed by atoms with Crippen molar-refractivity contribution in [2.45, 2.75) is 66.1 Å². The van der Waals surface area contributed by atoms with Crippen LogP contribution in [0.2, 0.25) is 0 Å². The second kappa shape index (κ2) is 8.57. The highest BCUT2D eigenvalue weighted by Gasteiger charge is 2.25. The van der Waals surface area contributed by atoms with Gasteiger partial charge >= 0.3 is 0 Å². The summed E-state index contributed by atoms with van der Waals surface area (Å²) in [6.45, 7) is 10.1. The first-order chi connectivity index (χ1) is 10.4. The van der Waals surface area contributed by atoms with Crippen LogP contribution in [-0.4, -0.2) is 28.8 Å². The molecule has 0 unspecified atom stereocenters. The zero-order valence-corrected chi connectivity index (χ0v) is 14.3. The summed E-state index contributed by atoms with van der Waals surface area (Å²) in [6, 6.07) is 7.61. The number of nitrogens with zero attached hydrogens (tertiary/aromatic N) is 1. The van der Waals surface area contributed by atoms with Gasteiger partial charge in [0, 0.05) is 19.0 Å². The molecule has 0 aliphatic heterocycles. The topological polar surface area (TPSA) is 49.4 Å². The highest BCUT2D eigenvalue weighted by Crippen LogP contribution is 2.14. The average Bonchev–Trinajstić information content (AvgIpc) is 2.52. The molecule has 2 atom stereocenters. The third-order valence-electron chi connectivity index (χ3n) is 4.07. The van der Waals surface area contributed by atoms with E-state index < -0.39 is 6.04 Å². The number of carbonyl (C=O) groups is 2. The fourth-order valence-corrected chi connectivity index (χ4v) is 2.22. The van der Waals surface area contributed by atoms with E-state index in [2.05, 4.69) is 5.32 Å². The van der Waals surface area contributed by atoms with Gasteiger partial charge in [-0.15, -0.1) is 0 Å². The maximum Gasteiger partial charge on any atom is 0.242 e. The Labute approximate surface area is 133 Å². The molecule has 1 rings (SSSR count). The Morgan fingerprint density at radius 2 is 1.82 bits per heavy atom. The Balaban J connectivity index is 2.91. The van der Waals surface area contributed by atoms with Gasteiger partial charge in [-0.1, -0.05) is 38.1 Å². The lowest BCUT2D eigenvalue weighted by Gasteiger charge is -2.29. The molecule has 0 radical (unpaired) electrons. The Kier molecular flexibility index (Phi) is 7.09. The number of aryl methyl sites for hydroxylation is 1. The first-order valence-electron chi connectivity index (χ1n) is 8.05. The number of rotatable bonds is 7. The Morgan fingerprint density at radius 3 is 2.36 bits per heavy atom. The normalized spacial score (nSPS) is 13.3. The molecule has 0 saturated carbocycles. The van der Waals surface area contributed by atoms with Crippen LogP contribution in [0.25, 0.3) is 0 Å². The summed E-state index contributed by atoms with van der Waals surface area (Å²) in [5.74, 6) is -0.0974. The predicted octanol–water partition coefficient (Wildman–Crippen LogP) is 3.04. The lowest BCUT2D eigenvalue weighted by molar-refractivity contribution is -0.140. The molecule has 1 N–H and O–H groups in total. The van der Waals surface area contributed by atoms with Crippen LogP contribution >= 0.6 is 0 Å². The van der Waals surface area contributed by atoms with Gasteiger partial charge in [0.15, 0.2) is 0 Å². The van der Waals surface area contributed by atoms with Gasteiger partial charge in [-0.3, -0.25) is 9.59 Å². The lowest BCUT2D eigenvalue weighted by atomic mass is 10.1. The molecular formula is C18H28N2O2. The molecule has 1 aromatic rings. The molecule has 0 bridgehead atoms. The summed E-state index contributed by atoms with van der Waals surface area (Å²) in [7, 11) is 0. The highest BCUT2D eigenvalue weighted by atomic mass is 16.2. The summed E-state index contributed by atoms with van der Waals surface area (Å²) in [5, 5.41) is 2.96. The maximum absolute atomic E-state index is 12.3. The second-order valence-electron chi connectivity index (χ2n) is 5.80. The van der Waals surface area contributed by atoms with Crippen LogP contribution in [0.5, 0.6) is 0 Å². The van der Waals surface area contributed by atoms with E-state index >= 15 is 0 Å². The number of hydrogen-bond donors (Lipinski definition) is 1. The Bertz CT molecular complexity index is 514. The van der Waals surface area contributed by atoms with E-state index in [1.54, 1.807) is 11.8 Å². The number of benzene rings is 1. The molecule has 0 saturated heterocycles. The third-order valence-corrected chi connectivity index (χ3v) is 4.07. The zero-order chi connectivity index (χ0) is 16.7. The summed E-state index contributed by atoms with van der Waals surface area (Å²) < 4.78 is 0. The van der Waals surface area contributed by atoms with E-state index in [0.29, 0.717) is 13.0 Å². The summed E-state index contributed by atoms with van der Waals surface area (Å²) in [6.07, 6.45) is 1.27. The molecular weight excluding hydrogens is 276 g/mol. The quantitative estimate of drug-likeness (QED) is 0.841. The lowest BCUT2D eigenvalue weighted by Crippen LogP contribution is -2.49.